The Kier molecular flexibility index (Phi) is 11.2. The van der Waals surface area contributed by atoms with E-state index in [1.165, 1.54) is 17.7 Å². The Morgan fingerprint density at radius 3 is 2.79 bits per heavy atom. The SMILES string of the molecule is CCOC(=O)[C@H](CCCCC1CCNCC1)N[C@H]1CS[C@H](c2cccs2)CN(CC(=O)O)C1=O. The lowest BCUT2D eigenvalue weighted by molar-refractivity contribution is -0.148. The summed E-state index contributed by atoms with van der Waals surface area (Å²) in [7, 11) is 0. The van der Waals surface area contributed by atoms with E-state index >= 15 is 0 Å². The van der Waals surface area contributed by atoms with Crippen molar-refractivity contribution < 1.29 is 24.2 Å². The summed E-state index contributed by atoms with van der Waals surface area (Å²) in [5, 5.41) is 18.0. The Hall–Kier alpha value is -1.62. The van der Waals surface area contributed by atoms with E-state index in [1.54, 1.807) is 30.0 Å². The number of carboxylic acids is 1. The number of hydrogen-bond donors (Lipinski definition) is 3. The van der Waals surface area contributed by atoms with E-state index in [2.05, 4.69) is 10.6 Å². The van der Waals surface area contributed by atoms with Gasteiger partial charge in [-0.3, -0.25) is 19.7 Å². The van der Waals surface area contributed by atoms with Gasteiger partial charge in [0.05, 0.1) is 17.9 Å². The number of rotatable bonds is 12. The minimum atomic E-state index is -1.04. The largest absolute Gasteiger partial charge is 0.480 e. The average Bonchev–Trinajstić information content (AvgIpc) is 3.31. The predicted octanol–water partition coefficient (Wildman–Crippen LogP) is 2.90. The highest BCUT2D eigenvalue weighted by molar-refractivity contribution is 7.99. The number of unbranched alkanes of at least 4 members (excludes halogenated alkanes) is 1. The zero-order valence-electron chi connectivity index (χ0n) is 19.9. The number of thioether (sulfide) groups is 1. The van der Waals surface area contributed by atoms with Gasteiger partial charge < -0.3 is 20.1 Å². The van der Waals surface area contributed by atoms with Crippen LogP contribution in [0.15, 0.2) is 17.5 Å². The molecule has 0 spiro atoms. The average molecular weight is 512 g/mol. The summed E-state index contributed by atoms with van der Waals surface area (Å²) < 4.78 is 5.30. The fraction of sp³-hybridized carbons (Fsp3) is 0.708. The highest BCUT2D eigenvalue weighted by atomic mass is 32.2. The summed E-state index contributed by atoms with van der Waals surface area (Å²) in [6.45, 7) is 4.22. The molecule has 0 unspecified atom stereocenters. The van der Waals surface area contributed by atoms with Gasteiger partial charge in [0.25, 0.3) is 0 Å². The van der Waals surface area contributed by atoms with Gasteiger partial charge in [-0.2, -0.15) is 0 Å². The molecule has 0 aromatic carbocycles. The van der Waals surface area contributed by atoms with Crippen LogP contribution in [-0.4, -0.2) is 78.5 Å². The smallest absolute Gasteiger partial charge is 0.323 e. The zero-order valence-corrected chi connectivity index (χ0v) is 21.5. The topological polar surface area (TPSA) is 108 Å². The molecule has 2 saturated heterocycles. The third-order valence-corrected chi connectivity index (χ3v) is 8.90. The van der Waals surface area contributed by atoms with Crippen LogP contribution in [0.5, 0.6) is 0 Å². The lowest BCUT2D eigenvalue weighted by atomic mass is 9.92. The van der Waals surface area contributed by atoms with Crippen LogP contribution in [0.2, 0.25) is 0 Å². The molecule has 1 amide bonds. The summed E-state index contributed by atoms with van der Waals surface area (Å²) in [4.78, 5) is 40.0. The number of nitrogens with zero attached hydrogens (tertiary/aromatic N) is 1. The first-order valence-corrected chi connectivity index (χ1v) is 14.2. The molecule has 3 N–H and O–H groups in total. The number of esters is 1. The summed E-state index contributed by atoms with van der Waals surface area (Å²) >= 11 is 3.24. The van der Waals surface area contributed by atoms with E-state index in [0.29, 0.717) is 18.7 Å². The van der Waals surface area contributed by atoms with Crippen LogP contribution in [0, 0.1) is 5.92 Å². The number of thiophene rings is 1. The van der Waals surface area contributed by atoms with Gasteiger partial charge >= 0.3 is 11.9 Å². The van der Waals surface area contributed by atoms with Gasteiger partial charge in [0.15, 0.2) is 0 Å². The van der Waals surface area contributed by atoms with E-state index in [1.807, 2.05) is 17.5 Å². The van der Waals surface area contributed by atoms with Crippen LogP contribution in [-0.2, 0) is 19.1 Å². The van der Waals surface area contributed by atoms with Gasteiger partial charge in [-0.15, -0.1) is 23.1 Å². The number of carboxylic acid groups (broad SMARTS) is 1. The number of carbonyl (C=O) groups excluding carboxylic acids is 2. The van der Waals surface area contributed by atoms with Crippen LogP contribution in [0.4, 0.5) is 0 Å². The molecule has 0 saturated carbocycles. The highest BCUT2D eigenvalue weighted by Crippen LogP contribution is 2.35. The molecule has 3 heterocycles. The molecule has 0 radical (unpaired) electrons. The molecular weight excluding hydrogens is 474 g/mol. The molecule has 3 atom stereocenters. The first-order valence-electron chi connectivity index (χ1n) is 12.3. The standard InChI is InChI=1S/C24H37N3O5S2/c1-2-32-24(31)18(7-4-3-6-17-9-11-25-12-10-17)26-19-16-34-21(20-8-5-13-33-20)14-27(23(19)30)15-22(28)29/h5,8,13,17-19,21,25-26H,2-4,6-7,9-12,14-16H2,1H3,(H,28,29)/t18-,19-,21-/m0/s1. The van der Waals surface area contributed by atoms with Crippen molar-refractivity contribution in [2.45, 2.75) is 62.8 Å². The number of amides is 1. The van der Waals surface area contributed by atoms with Gasteiger partial charge in [0.1, 0.15) is 12.6 Å². The quantitative estimate of drug-likeness (QED) is 0.290. The van der Waals surface area contributed by atoms with Gasteiger partial charge in [-0.1, -0.05) is 25.3 Å². The molecule has 1 aromatic rings. The maximum Gasteiger partial charge on any atom is 0.323 e. The highest BCUT2D eigenvalue weighted by Gasteiger charge is 2.36. The molecule has 0 bridgehead atoms. The molecule has 8 nitrogen and oxygen atoms in total. The molecule has 10 heteroatoms. The lowest BCUT2D eigenvalue weighted by Gasteiger charge is -2.27. The van der Waals surface area contributed by atoms with Crippen molar-refractivity contribution in [3.63, 3.8) is 0 Å². The van der Waals surface area contributed by atoms with Crippen molar-refractivity contribution in [1.29, 1.82) is 0 Å². The fourth-order valence-electron chi connectivity index (χ4n) is 4.63. The van der Waals surface area contributed by atoms with Crippen molar-refractivity contribution in [2.75, 3.05) is 38.5 Å². The second kappa shape index (κ2) is 14.1. The number of aliphatic carboxylic acids is 1. The molecule has 0 aliphatic carbocycles. The second-order valence-corrected chi connectivity index (χ2v) is 11.2. The summed E-state index contributed by atoms with van der Waals surface area (Å²) in [6.07, 6.45) is 6.10. The van der Waals surface area contributed by atoms with Crippen LogP contribution in [0.3, 0.4) is 0 Å². The molecular formula is C24H37N3O5S2. The molecule has 1 aromatic heterocycles. The molecule has 34 heavy (non-hydrogen) atoms. The number of nitrogens with one attached hydrogen (secondary N) is 2. The van der Waals surface area contributed by atoms with Crippen LogP contribution in [0.1, 0.15) is 55.6 Å². The van der Waals surface area contributed by atoms with Crippen molar-refractivity contribution in [1.82, 2.24) is 15.5 Å². The van der Waals surface area contributed by atoms with Gasteiger partial charge in [0.2, 0.25) is 5.91 Å². The Morgan fingerprint density at radius 2 is 2.12 bits per heavy atom. The predicted molar refractivity (Wildman–Crippen MR) is 135 cm³/mol. The Balaban J connectivity index is 1.62. The Labute approximate surface area is 210 Å². The number of carbonyl (C=O) groups is 3. The van der Waals surface area contributed by atoms with E-state index in [9.17, 15) is 19.5 Å². The fourth-order valence-corrected chi connectivity index (χ4v) is 6.89. The monoisotopic (exact) mass is 511 g/mol. The molecule has 2 fully saturated rings. The first-order chi connectivity index (χ1) is 16.5. The minimum Gasteiger partial charge on any atom is -0.480 e. The Bertz CT molecular complexity index is 786. The molecule has 3 rings (SSSR count). The van der Waals surface area contributed by atoms with Crippen LogP contribution >= 0.6 is 23.1 Å². The number of hydrogen-bond acceptors (Lipinski definition) is 8. The first kappa shape index (κ1) is 27.0. The maximum atomic E-state index is 13.3. The third-order valence-electron chi connectivity index (χ3n) is 6.43. The number of ether oxygens (including phenoxy) is 1. The number of piperidine rings is 1. The van der Waals surface area contributed by atoms with E-state index in [-0.39, 0.29) is 30.3 Å². The van der Waals surface area contributed by atoms with E-state index < -0.39 is 18.1 Å². The molecule has 2 aliphatic heterocycles. The van der Waals surface area contributed by atoms with Crippen molar-refractivity contribution in [3.05, 3.63) is 22.4 Å². The van der Waals surface area contributed by atoms with E-state index in [4.69, 9.17) is 4.74 Å². The molecule has 2 aliphatic rings. The maximum absolute atomic E-state index is 13.3. The van der Waals surface area contributed by atoms with Crippen molar-refractivity contribution in [3.8, 4) is 0 Å². The summed E-state index contributed by atoms with van der Waals surface area (Å²) in [5.74, 6) is -0.427. The van der Waals surface area contributed by atoms with Gasteiger partial charge in [-0.25, -0.2) is 0 Å². The van der Waals surface area contributed by atoms with Gasteiger partial charge in [-0.05, 0) is 56.6 Å². The van der Waals surface area contributed by atoms with Gasteiger partial charge in [0, 0.05) is 17.2 Å². The van der Waals surface area contributed by atoms with Crippen molar-refractivity contribution >= 4 is 40.9 Å². The van der Waals surface area contributed by atoms with Crippen molar-refractivity contribution in [2.24, 2.45) is 5.92 Å². The molecule has 190 valence electrons. The normalized spacial score (nSPS) is 22.9. The summed E-state index contributed by atoms with van der Waals surface area (Å²) in [6, 6.07) is 2.77. The summed E-state index contributed by atoms with van der Waals surface area (Å²) in [5.41, 5.74) is 0. The third kappa shape index (κ3) is 8.25. The van der Waals surface area contributed by atoms with E-state index in [0.717, 1.165) is 43.1 Å². The van der Waals surface area contributed by atoms with Crippen LogP contribution in [0.25, 0.3) is 0 Å². The minimum absolute atomic E-state index is 0.0149. The second-order valence-electron chi connectivity index (χ2n) is 8.95. The zero-order chi connectivity index (χ0) is 24.3. The Morgan fingerprint density at radius 1 is 1.32 bits per heavy atom. The van der Waals surface area contributed by atoms with Crippen LogP contribution < -0.4 is 10.6 Å². The lowest BCUT2D eigenvalue weighted by Crippen LogP contribution is -2.53.